The first kappa shape index (κ1) is 17.9. The van der Waals surface area contributed by atoms with E-state index in [2.05, 4.69) is 20.6 Å². The summed E-state index contributed by atoms with van der Waals surface area (Å²) in [7, 11) is 0. The molecule has 0 bridgehead atoms. The van der Waals surface area contributed by atoms with E-state index in [1.807, 2.05) is 13.8 Å². The van der Waals surface area contributed by atoms with Gasteiger partial charge in [-0.1, -0.05) is 6.92 Å². The summed E-state index contributed by atoms with van der Waals surface area (Å²) in [6.07, 6.45) is 3.20. The Hall–Kier alpha value is -2.48. The zero-order chi connectivity index (χ0) is 17.5. The molecule has 2 rings (SSSR count). The Labute approximate surface area is 143 Å². The van der Waals surface area contributed by atoms with Crippen molar-refractivity contribution in [2.75, 3.05) is 5.32 Å². The molecule has 0 saturated carbocycles. The van der Waals surface area contributed by atoms with Gasteiger partial charge in [0.05, 0.1) is 5.69 Å². The lowest BCUT2D eigenvalue weighted by molar-refractivity contribution is -0.121. The Bertz CT molecular complexity index is 768. The molecular formula is C16H20N4O3S. The van der Waals surface area contributed by atoms with Gasteiger partial charge in [0.15, 0.2) is 5.13 Å². The molecule has 0 aromatic carbocycles. The number of carbonyl (C=O) groups excluding carboxylic acids is 2. The summed E-state index contributed by atoms with van der Waals surface area (Å²) >= 11 is 1.26. The highest BCUT2D eigenvalue weighted by molar-refractivity contribution is 7.14. The van der Waals surface area contributed by atoms with Crippen LogP contribution in [0.4, 0.5) is 5.13 Å². The van der Waals surface area contributed by atoms with Crippen LogP contribution in [0.3, 0.4) is 0 Å². The van der Waals surface area contributed by atoms with Gasteiger partial charge in [-0.25, -0.2) is 4.98 Å². The monoisotopic (exact) mass is 348 g/mol. The van der Waals surface area contributed by atoms with Crippen molar-refractivity contribution in [1.82, 2.24) is 15.3 Å². The lowest BCUT2D eigenvalue weighted by atomic mass is 10.2. The quantitative estimate of drug-likeness (QED) is 0.711. The summed E-state index contributed by atoms with van der Waals surface area (Å²) in [5.74, 6) is -0.522. The number of hydrogen-bond acceptors (Lipinski definition) is 5. The third-order valence-electron chi connectivity index (χ3n) is 3.46. The smallest absolute Gasteiger partial charge is 0.263 e. The molecule has 0 spiro atoms. The highest BCUT2D eigenvalue weighted by Gasteiger charge is 2.13. The van der Waals surface area contributed by atoms with Crippen molar-refractivity contribution in [2.24, 2.45) is 0 Å². The molecule has 3 N–H and O–H groups in total. The number of thiazole rings is 1. The molecule has 0 fully saturated rings. The van der Waals surface area contributed by atoms with E-state index in [4.69, 9.17) is 0 Å². The van der Waals surface area contributed by atoms with Crippen LogP contribution < -0.4 is 16.2 Å². The van der Waals surface area contributed by atoms with Crippen molar-refractivity contribution in [2.45, 2.75) is 39.2 Å². The minimum Gasteiger partial charge on any atom is -0.354 e. The van der Waals surface area contributed by atoms with Crippen molar-refractivity contribution in [3.8, 4) is 0 Å². The van der Waals surface area contributed by atoms with Crippen molar-refractivity contribution in [3.05, 3.63) is 45.3 Å². The van der Waals surface area contributed by atoms with Gasteiger partial charge in [0.1, 0.15) is 5.56 Å². The molecule has 2 amide bonds. The Morgan fingerprint density at radius 1 is 1.42 bits per heavy atom. The highest BCUT2D eigenvalue weighted by atomic mass is 32.1. The molecule has 0 saturated heterocycles. The number of nitrogens with zero attached hydrogens (tertiary/aromatic N) is 1. The van der Waals surface area contributed by atoms with Crippen LogP contribution in [0.15, 0.2) is 28.5 Å². The number of nitrogens with one attached hydrogen (secondary N) is 3. The standard InChI is InChI=1S/C16H20N4O3S/c1-3-10(2)18-13(21)7-6-11-9-24-16(19-11)20-15(23)12-5-4-8-17-14(12)22/h4-5,8-10H,3,6-7H2,1-2H3,(H,17,22)(H,18,21)(H,19,20,23). The van der Waals surface area contributed by atoms with E-state index in [1.54, 1.807) is 11.4 Å². The summed E-state index contributed by atoms with van der Waals surface area (Å²) in [5, 5.41) is 7.69. The van der Waals surface area contributed by atoms with E-state index >= 15 is 0 Å². The Balaban J connectivity index is 1.89. The molecule has 24 heavy (non-hydrogen) atoms. The van der Waals surface area contributed by atoms with E-state index in [1.165, 1.54) is 23.6 Å². The summed E-state index contributed by atoms with van der Waals surface area (Å²) in [6.45, 7) is 3.97. The number of aryl methyl sites for hydroxylation is 1. The number of aromatic nitrogens is 2. The van der Waals surface area contributed by atoms with Gasteiger partial charge < -0.3 is 10.3 Å². The Morgan fingerprint density at radius 2 is 2.21 bits per heavy atom. The summed E-state index contributed by atoms with van der Waals surface area (Å²) in [6, 6.07) is 3.19. The maximum atomic E-state index is 12.0. The van der Waals surface area contributed by atoms with E-state index in [9.17, 15) is 14.4 Å². The van der Waals surface area contributed by atoms with E-state index < -0.39 is 11.5 Å². The van der Waals surface area contributed by atoms with E-state index in [0.717, 1.165) is 12.1 Å². The molecule has 8 heteroatoms. The fourth-order valence-electron chi connectivity index (χ4n) is 1.93. The minimum atomic E-state index is -0.507. The number of hydrogen-bond donors (Lipinski definition) is 3. The molecule has 128 valence electrons. The third kappa shape index (κ3) is 5.02. The average molecular weight is 348 g/mol. The first-order valence-corrected chi connectivity index (χ1v) is 8.60. The molecule has 0 aliphatic heterocycles. The molecular weight excluding hydrogens is 328 g/mol. The van der Waals surface area contributed by atoms with Gasteiger partial charge >= 0.3 is 0 Å². The first-order chi connectivity index (χ1) is 11.5. The maximum absolute atomic E-state index is 12.0. The topological polar surface area (TPSA) is 104 Å². The fourth-order valence-corrected chi connectivity index (χ4v) is 2.67. The number of pyridine rings is 1. The predicted octanol–water partition coefficient (Wildman–Crippen LogP) is 1.93. The van der Waals surface area contributed by atoms with Gasteiger partial charge in [-0.05, 0) is 31.9 Å². The number of anilines is 1. The normalized spacial score (nSPS) is 11.8. The van der Waals surface area contributed by atoms with Crippen LogP contribution >= 0.6 is 11.3 Å². The molecule has 2 heterocycles. The molecule has 1 unspecified atom stereocenters. The number of aromatic amines is 1. The maximum Gasteiger partial charge on any atom is 0.263 e. The lowest BCUT2D eigenvalue weighted by Gasteiger charge is -2.10. The zero-order valence-corrected chi connectivity index (χ0v) is 14.4. The van der Waals surface area contributed by atoms with Gasteiger partial charge in [-0.3, -0.25) is 19.7 Å². The molecule has 2 aromatic rings. The second kappa shape index (κ2) is 8.39. The van der Waals surface area contributed by atoms with E-state index in [0.29, 0.717) is 18.0 Å². The second-order valence-corrected chi connectivity index (χ2v) is 6.25. The molecule has 7 nitrogen and oxygen atoms in total. The largest absolute Gasteiger partial charge is 0.354 e. The zero-order valence-electron chi connectivity index (χ0n) is 13.6. The predicted molar refractivity (Wildman–Crippen MR) is 93.3 cm³/mol. The number of H-pyrrole nitrogens is 1. The van der Waals surface area contributed by atoms with Crippen molar-refractivity contribution < 1.29 is 9.59 Å². The highest BCUT2D eigenvalue weighted by Crippen LogP contribution is 2.17. The van der Waals surface area contributed by atoms with Crippen molar-refractivity contribution in [3.63, 3.8) is 0 Å². The first-order valence-electron chi connectivity index (χ1n) is 7.72. The van der Waals surface area contributed by atoms with Gasteiger partial charge in [0.25, 0.3) is 11.5 Å². The minimum absolute atomic E-state index is 0.0150. The average Bonchev–Trinajstić information content (AvgIpc) is 3.00. The Morgan fingerprint density at radius 3 is 2.92 bits per heavy atom. The van der Waals surface area contributed by atoms with Crippen LogP contribution in [0.1, 0.15) is 42.7 Å². The van der Waals surface area contributed by atoms with Gasteiger partial charge in [0.2, 0.25) is 5.91 Å². The van der Waals surface area contributed by atoms with Crippen LogP contribution in [-0.2, 0) is 11.2 Å². The number of amides is 2. The molecule has 1 atom stereocenters. The number of rotatable bonds is 7. The lowest BCUT2D eigenvalue weighted by Crippen LogP contribution is -2.32. The Kier molecular flexibility index (Phi) is 6.25. The van der Waals surface area contributed by atoms with Gasteiger partial charge in [-0.2, -0.15) is 0 Å². The van der Waals surface area contributed by atoms with Crippen molar-refractivity contribution >= 4 is 28.3 Å². The van der Waals surface area contributed by atoms with E-state index in [-0.39, 0.29) is 17.5 Å². The summed E-state index contributed by atoms with van der Waals surface area (Å²) in [5.41, 5.74) is 0.312. The number of carbonyl (C=O) groups is 2. The summed E-state index contributed by atoms with van der Waals surface area (Å²) in [4.78, 5) is 42.1. The third-order valence-corrected chi connectivity index (χ3v) is 4.27. The molecule has 0 aliphatic carbocycles. The molecule has 0 aliphatic rings. The van der Waals surface area contributed by atoms with Crippen LogP contribution in [-0.4, -0.2) is 27.8 Å². The van der Waals surface area contributed by atoms with Crippen molar-refractivity contribution in [1.29, 1.82) is 0 Å². The SMILES string of the molecule is CCC(C)NC(=O)CCc1csc(NC(=O)c2ccc[nH]c2=O)n1. The van der Waals surface area contributed by atoms with Crippen LogP contribution in [0, 0.1) is 0 Å². The van der Waals surface area contributed by atoms with Gasteiger partial charge in [-0.15, -0.1) is 11.3 Å². The second-order valence-electron chi connectivity index (χ2n) is 5.39. The fraction of sp³-hybridized carbons (Fsp3) is 0.375. The summed E-state index contributed by atoms with van der Waals surface area (Å²) < 4.78 is 0. The van der Waals surface area contributed by atoms with Crippen LogP contribution in [0.2, 0.25) is 0 Å². The van der Waals surface area contributed by atoms with Crippen LogP contribution in [0.25, 0.3) is 0 Å². The molecule has 2 aromatic heterocycles. The van der Waals surface area contributed by atoms with Crippen LogP contribution in [0.5, 0.6) is 0 Å². The molecule has 0 radical (unpaired) electrons. The van der Waals surface area contributed by atoms with Gasteiger partial charge in [0, 0.05) is 24.0 Å².